The number of hydrogen-bond acceptors (Lipinski definition) is 3. The van der Waals surface area contributed by atoms with Crippen molar-refractivity contribution in [1.82, 2.24) is 10.2 Å². The van der Waals surface area contributed by atoms with E-state index in [1.54, 1.807) is 0 Å². The summed E-state index contributed by atoms with van der Waals surface area (Å²) < 4.78 is 0. The van der Waals surface area contributed by atoms with Crippen molar-refractivity contribution in [1.29, 1.82) is 0 Å². The molecule has 0 bridgehead atoms. The van der Waals surface area contributed by atoms with Crippen LogP contribution in [0.4, 0.5) is 0 Å². The minimum Gasteiger partial charge on any atom is -0.323 e. The highest BCUT2D eigenvalue weighted by molar-refractivity contribution is 7.99. The fraction of sp³-hybridized carbons (Fsp3) is 0.929. The highest BCUT2D eigenvalue weighted by atomic mass is 32.2. The maximum Gasteiger partial charge on any atom is 0.241 e. The molecule has 0 spiro atoms. The molecule has 1 saturated carbocycles. The van der Waals surface area contributed by atoms with E-state index in [1.165, 1.54) is 19.3 Å². The molecule has 1 N–H and O–H groups in total. The van der Waals surface area contributed by atoms with Crippen LogP contribution in [0, 0.1) is 0 Å². The van der Waals surface area contributed by atoms with Crippen LogP contribution in [0.3, 0.4) is 0 Å². The van der Waals surface area contributed by atoms with Crippen molar-refractivity contribution in [2.24, 2.45) is 0 Å². The van der Waals surface area contributed by atoms with E-state index in [2.05, 4.69) is 30.3 Å². The second-order valence-corrected chi connectivity index (χ2v) is 6.75. The molecule has 1 aliphatic carbocycles. The number of carbonyl (C=O) groups is 1. The van der Waals surface area contributed by atoms with Crippen molar-refractivity contribution in [3.8, 4) is 0 Å². The lowest BCUT2D eigenvalue weighted by Crippen LogP contribution is -2.42. The van der Waals surface area contributed by atoms with Crippen LogP contribution in [0.2, 0.25) is 0 Å². The Bertz CT molecular complexity index is 298. The van der Waals surface area contributed by atoms with Crippen molar-refractivity contribution in [3.63, 3.8) is 0 Å². The molecule has 0 aromatic heterocycles. The fourth-order valence-corrected chi connectivity index (χ4v) is 4.10. The average molecular weight is 270 g/mol. The summed E-state index contributed by atoms with van der Waals surface area (Å²) in [7, 11) is 0. The summed E-state index contributed by atoms with van der Waals surface area (Å²) in [6, 6.07) is 0.553. The highest BCUT2D eigenvalue weighted by Gasteiger charge is 2.42. The van der Waals surface area contributed by atoms with Gasteiger partial charge in [0, 0.05) is 11.3 Å². The lowest BCUT2D eigenvalue weighted by atomic mass is 10.1. The highest BCUT2D eigenvalue weighted by Crippen LogP contribution is 2.34. The largest absolute Gasteiger partial charge is 0.323 e. The van der Waals surface area contributed by atoms with Gasteiger partial charge in [0.2, 0.25) is 5.91 Å². The van der Waals surface area contributed by atoms with Crippen molar-refractivity contribution in [2.45, 2.75) is 75.9 Å². The molecule has 1 heterocycles. The Balaban J connectivity index is 1.94. The first-order valence-corrected chi connectivity index (χ1v) is 8.57. The van der Waals surface area contributed by atoms with Gasteiger partial charge in [-0.2, -0.15) is 11.8 Å². The van der Waals surface area contributed by atoms with Crippen LogP contribution in [0.25, 0.3) is 0 Å². The third kappa shape index (κ3) is 2.85. The topological polar surface area (TPSA) is 32.3 Å². The monoisotopic (exact) mass is 270 g/mol. The Labute approximate surface area is 115 Å². The minimum atomic E-state index is 0.0771. The van der Waals surface area contributed by atoms with Crippen LogP contribution in [0.5, 0.6) is 0 Å². The normalized spacial score (nSPS) is 36.6. The number of nitrogens with zero attached hydrogens (tertiary/aromatic N) is 1. The molecule has 2 fully saturated rings. The molecule has 0 aromatic carbocycles. The third-order valence-corrected chi connectivity index (χ3v) is 5.44. The molecule has 2 aliphatic rings. The van der Waals surface area contributed by atoms with Crippen LogP contribution >= 0.6 is 11.8 Å². The predicted molar refractivity (Wildman–Crippen MR) is 77.7 cm³/mol. The summed E-state index contributed by atoms with van der Waals surface area (Å²) >= 11 is 1.95. The van der Waals surface area contributed by atoms with E-state index >= 15 is 0 Å². The average Bonchev–Trinajstić information content (AvgIpc) is 2.92. The number of carbonyl (C=O) groups excluding carboxylic acids is 1. The van der Waals surface area contributed by atoms with Gasteiger partial charge >= 0.3 is 0 Å². The number of nitrogens with one attached hydrogen (secondary N) is 1. The first-order chi connectivity index (χ1) is 8.67. The SMILES string of the molecule is CCCCC1NC(C)N(C2CCC(SC)C2)C1=O. The number of thioether (sulfide) groups is 1. The second kappa shape index (κ2) is 6.29. The Morgan fingerprint density at radius 2 is 2.22 bits per heavy atom. The van der Waals surface area contributed by atoms with Gasteiger partial charge in [-0.1, -0.05) is 19.8 Å². The van der Waals surface area contributed by atoms with E-state index in [0.717, 1.165) is 24.5 Å². The van der Waals surface area contributed by atoms with Gasteiger partial charge in [-0.05, 0) is 38.9 Å². The van der Waals surface area contributed by atoms with E-state index in [1.807, 2.05) is 11.8 Å². The van der Waals surface area contributed by atoms with Gasteiger partial charge < -0.3 is 4.90 Å². The summed E-state index contributed by atoms with van der Waals surface area (Å²) in [5.74, 6) is 0.350. The molecule has 104 valence electrons. The fourth-order valence-electron chi connectivity index (χ4n) is 3.31. The standard InChI is InChI=1S/C14H26N2OS/c1-4-5-6-13-14(17)16(10(2)15-13)11-7-8-12(9-11)18-3/h10-13,15H,4-9H2,1-3H3. The van der Waals surface area contributed by atoms with Gasteiger partial charge in [-0.25, -0.2) is 0 Å². The molecule has 3 nitrogen and oxygen atoms in total. The molecule has 4 unspecified atom stereocenters. The van der Waals surface area contributed by atoms with Crippen LogP contribution in [-0.2, 0) is 4.79 Å². The molecule has 1 aliphatic heterocycles. The summed E-state index contributed by atoms with van der Waals surface area (Å²) in [6.45, 7) is 4.32. The van der Waals surface area contributed by atoms with Gasteiger partial charge in [0.05, 0.1) is 12.2 Å². The molecule has 0 radical (unpaired) electrons. The Morgan fingerprint density at radius 1 is 1.44 bits per heavy atom. The molecule has 2 rings (SSSR count). The number of hydrogen-bond donors (Lipinski definition) is 1. The smallest absolute Gasteiger partial charge is 0.241 e. The second-order valence-electron chi connectivity index (χ2n) is 5.61. The van der Waals surface area contributed by atoms with Gasteiger partial charge in [-0.3, -0.25) is 10.1 Å². The minimum absolute atomic E-state index is 0.0771. The van der Waals surface area contributed by atoms with Crippen LogP contribution in [-0.4, -0.2) is 40.6 Å². The van der Waals surface area contributed by atoms with Crippen molar-refractivity contribution < 1.29 is 4.79 Å². The zero-order valence-corrected chi connectivity index (χ0v) is 12.6. The molecule has 4 heteroatoms. The molecular formula is C14H26N2OS. The predicted octanol–water partition coefficient (Wildman–Crippen LogP) is 2.61. The molecule has 1 amide bonds. The Kier molecular flexibility index (Phi) is 4.96. The number of amides is 1. The summed E-state index contributed by atoms with van der Waals surface area (Å²) in [4.78, 5) is 14.6. The number of rotatable bonds is 5. The van der Waals surface area contributed by atoms with E-state index in [4.69, 9.17) is 0 Å². The van der Waals surface area contributed by atoms with Crippen LogP contribution in [0.15, 0.2) is 0 Å². The molecule has 0 aromatic rings. The van der Waals surface area contributed by atoms with Gasteiger partial charge in [0.25, 0.3) is 0 Å². The molecule has 18 heavy (non-hydrogen) atoms. The quantitative estimate of drug-likeness (QED) is 0.833. The Morgan fingerprint density at radius 3 is 2.83 bits per heavy atom. The lowest BCUT2D eigenvalue weighted by molar-refractivity contribution is -0.132. The zero-order chi connectivity index (χ0) is 13.1. The van der Waals surface area contributed by atoms with Gasteiger partial charge in [-0.15, -0.1) is 0 Å². The first kappa shape index (κ1) is 14.2. The van der Waals surface area contributed by atoms with E-state index in [-0.39, 0.29) is 12.2 Å². The Hall–Kier alpha value is -0.220. The van der Waals surface area contributed by atoms with Crippen molar-refractivity contribution >= 4 is 17.7 Å². The maximum absolute atomic E-state index is 12.5. The summed E-state index contributed by atoms with van der Waals surface area (Å²) in [5, 5.41) is 4.22. The first-order valence-electron chi connectivity index (χ1n) is 7.28. The van der Waals surface area contributed by atoms with Gasteiger partial charge in [0.1, 0.15) is 0 Å². The summed E-state index contributed by atoms with van der Waals surface area (Å²) in [5.41, 5.74) is 0. The van der Waals surface area contributed by atoms with E-state index in [9.17, 15) is 4.79 Å². The molecular weight excluding hydrogens is 244 g/mol. The van der Waals surface area contributed by atoms with Crippen LogP contribution in [0.1, 0.15) is 52.4 Å². The maximum atomic E-state index is 12.5. The molecule has 4 atom stereocenters. The van der Waals surface area contributed by atoms with Crippen molar-refractivity contribution in [3.05, 3.63) is 0 Å². The van der Waals surface area contributed by atoms with E-state index in [0.29, 0.717) is 11.9 Å². The number of unbranched alkanes of at least 4 members (excludes halogenated alkanes) is 1. The van der Waals surface area contributed by atoms with Gasteiger partial charge in [0.15, 0.2) is 0 Å². The lowest BCUT2D eigenvalue weighted by Gasteiger charge is -2.28. The summed E-state index contributed by atoms with van der Waals surface area (Å²) in [6.07, 6.45) is 9.34. The zero-order valence-electron chi connectivity index (χ0n) is 11.8. The molecule has 1 saturated heterocycles. The van der Waals surface area contributed by atoms with Crippen molar-refractivity contribution in [2.75, 3.05) is 6.26 Å². The van der Waals surface area contributed by atoms with E-state index < -0.39 is 0 Å². The van der Waals surface area contributed by atoms with Crippen LogP contribution < -0.4 is 5.32 Å². The third-order valence-electron chi connectivity index (χ3n) is 4.34.